The monoisotopic (exact) mass is 237 g/mol. The Morgan fingerprint density at radius 1 is 1.31 bits per heavy atom. The second kappa shape index (κ2) is 7.36. The van der Waals surface area contributed by atoms with Crippen molar-refractivity contribution in [2.45, 2.75) is 13.3 Å². The average molecular weight is 237 g/mol. The molecule has 0 fully saturated rings. The van der Waals surface area contributed by atoms with E-state index in [9.17, 15) is 4.21 Å². The topological polar surface area (TPSA) is 43.1 Å². The molecule has 0 heterocycles. The zero-order valence-electron chi connectivity index (χ0n) is 9.69. The summed E-state index contributed by atoms with van der Waals surface area (Å²) in [5.41, 5.74) is 7.77. The Morgan fingerprint density at radius 3 is 2.62 bits per heavy atom. The smallest absolute Gasteiger partial charge is 0.0418 e. The third-order valence-electron chi connectivity index (χ3n) is 2.25. The van der Waals surface area contributed by atoms with E-state index in [1.807, 2.05) is 12.2 Å². The molecule has 1 unspecified atom stereocenters. The molecule has 0 aliphatic heterocycles. The highest BCUT2D eigenvalue weighted by molar-refractivity contribution is 7.85. The normalized spacial score (nSPS) is 13.1. The molecule has 0 aliphatic rings. The van der Waals surface area contributed by atoms with E-state index in [1.54, 1.807) is 0 Å². The number of benzene rings is 1. The lowest BCUT2D eigenvalue weighted by atomic mass is 10.1. The number of nitrogens with two attached hydrogens (primary N) is 1. The van der Waals surface area contributed by atoms with Gasteiger partial charge in [0.05, 0.1) is 0 Å². The molecule has 0 amide bonds. The molecule has 0 saturated heterocycles. The molecule has 0 aromatic heterocycles. The van der Waals surface area contributed by atoms with E-state index in [1.165, 1.54) is 5.56 Å². The number of hydrogen-bond donors (Lipinski definition) is 1. The minimum atomic E-state index is -0.765. The quantitative estimate of drug-likeness (QED) is 0.823. The fraction of sp³-hybridized carbons (Fsp3) is 0.385. The van der Waals surface area contributed by atoms with Crippen molar-refractivity contribution in [3.05, 3.63) is 41.5 Å². The van der Waals surface area contributed by atoms with Gasteiger partial charge < -0.3 is 5.73 Å². The van der Waals surface area contributed by atoms with E-state index in [0.29, 0.717) is 18.1 Å². The lowest BCUT2D eigenvalue weighted by Gasteiger charge is -1.97. The van der Waals surface area contributed by atoms with Crippen LogP contribution < -0.4 is 5.73 Å². The zero-order valence-corrected chi connectivity index (χ0v) is 10.5. The van der Waals surface area contributed by atoms with Gasteiger partial charge in [-0.15, -0.1) is 0 Å². The van der Waals surface area contributed by atoms with Crippen molar-refractivity contribution in [1.82, 2.24) is 0 Å². The Hall–Kier alpha value is -0.930. The summed E-state index contributed by atoms with van der Waals surface area (Å²) in [7, 11) is -0.765. The first-order chi connectivity index (χ1) is 7.72. The molecule has 0 bridgehead atoms. The summed E-state index contributed by atoms with van der Waals surface area (Å²) in [6.45, 7) is 2.68. The van der Waals surface area contributed by atoms with E-state index in [2.05, 4.69) is 31.2 Å². The van der Waals surface area contributed by atoms with Crippen LogP contribution in [0.2, 0.25) is 0 Å². The van der Waals surface area contributed by atoms with Crippen molar-refractivity contribution in [1.29, 1.82) is 0 Å². The maximum absolute atomic E-state index is 11.5. The molecule has 1 rings (SSSR count). The molecule has 3 heteroatoms. The van der Waals surface area contributed by atoms with Gasteiger partial charge in [-0.2, -0.15) is 0 Å². The summed E-state index contributed by atoms with van der Waals surface area (Å²) in [6.07, 6.45) is 4.82. The van der Waals surface area contributed by atoms with Gasteiger partial charge >= 0.3 is 0 Å². The highest BCUT2D eigenvalue weighted by Crippen LogP contribution is 2.05. The maximum Gasteiger partial charge on any atom is 0.0418 e. The van der Waals surface area contributed by atoms with Crippen molar-refractivity contribution in [3.63, 3.8) is 0 Å². The molecular weight excluding hydrogens is 218 g/mol. The number of hydrogen-bond acceptors (Lipinski definition) is 2. The van der Waals surface area contributed by atoms with Crippen molar-refractivity contribution >= 4 is 16.9 Å². The van der Waals surface area contributed by atoms with Gasteiger partial charge in [0.15, 0.2) is 0 Å². The zero-order chi connectivity index (χ0) is 11.8. The molecule has 2 nitrogen and oxygen atoms in total. The van der Waals surface area contributed by atoms with Crippen molar-refractivity contribution in [2.24, 2.45) is 5.73 Å². The van der Waals surface area contributed by atoms with Gasteiger partial charge in [-0.25, -0.2) is 0 Å². The first-order valence-electron chi connectivity index (χ1n) is 5.50. The van der Waals surface area contributed by atoms with E-state index >= 15 is 0 Å². The standard InChI is InChI=1S/C13H19NOS/c1-12-5-7-13(8-6-12)4-2-10-16(15)11-3-9-14/h2,4-8H,3,9-11,14H2,1H3/b4-2+. The highest BCUT2D eigenvalue weighted by atomic mass is 32.2. The van der Waals surface area contributed by atoms with Crippen LogP contribution in [0.5, 0.6) is 0 Å². The highest BCUT2D eigenvalue weighted by Gasteiger charge is 1.95. The van der Waals surface area contributed by atoms with Crippen LogP contribution in [-0.2, 0) is 10.8 Å². The van der Waals surface area contributed by atoms with Crippen LogP contribution in [0.4, 0.5) is 0 Å². The fourth-order valence-corrected chi connectivity index (χ4v) is 2.26. The van der Waals surface area contributed by atoms with E-state index < -0.39 is 10.8 Å². The van der Waals surface area contributed by atoms with Gasteiger partial charge in [0, 0.05) is 22.3 Å². The Balaban J connectivity index is 2.37. The molecule has 1 aromatic rings. The minimum absolute atomic E-state index is 0.618. The summed E-state index contributed by atoms with van der Waals surface area (Å²) in [6, 6.07) is 8.28. The molecule has 0 aliphatic carbocycles. The molecule has 88 valence electrons. The van der Waals surface area contributed by atoms with Crippen LogP contribution in [0.3, 0.4) is 0 Å². The van der Waals surface area contributed by atoms with Crippen molar-refractivity contribution in [2.75, 3.05) is 18.1 Å². The predicted molar refractivity (Wildman–Crippen MR) is 71.8 cm³/mol. The van der Waals surface area contributed by atoms with Crippen molar-refractivity contribution in [3.8, 4) is 0 Å². The maximum atomic E-state index is 11.5. The summed E-state index contributed by atoms with van der Waals surface area (Å²) in [5.74, 6) is 1.32. The van der Waals surface area contributed by atoms with E-state index in [4.69, 9.17) is 5.73 Å². The molecular formula is C13H19NOS. The Kier molecular flexibility index (Phi) is 6.04. The molecule has 0 radical (unpaired) electrons. The third kappa shape index (κ3) is 5.24. The van der Waals surface area contributed by atoms with Gasteiger partial charge in [-0.05, 0) is 25.5 Å². The summed E-state index contributed by atoms with van der Waals surface area (Å²) in [4.78, 5) is 0. The second-order valence-electron chi connectivity index (χ2n) is 3.77. The lowest BCUT2D eigenvalue weighted by Crippen LogP contribution is -2.07. The summed E-state index contributed by atoms with van der Waals surface area (Å²) < 4.78 is 11.5. The predicted octanol–water partition coefficient (Wildman–Crippen LogP) is 2.11. The Bertz CT molecular complexity index is 357. The molecule has 0 spiro atoms. The lowest BCUT2D eigenvalue weighted by molar-refractivity contribution is 0.682. The summed E-state index contributed by atoms with van der Waals surface area (Å²) >= 11 is 0. The van der Waals surface area contributed by atoms with E-state index in [0.717, 1.165) is 12.0 Å². The number of aryl methyl sites for hydroxylation is 1. The van der Waals surface area contributed by atoms with Crippen LogP contribution in [-0.4, -0.2) is 22.3 Å². The van der Waals surface area contributed by atoms with Gasteiger partial charge in [0.1, 0.15) is 0 Å². The molecule has 1 aromatic carbocycles. The summed E-state index contributed by atoms with van der Waals surface area (Å²) in [5, 5.41) is 0. The average Bonchev–Trinajstić information content (AvgIpc) is 2.29. The van der Waals surface area contributed by atoms with Crippen molar-refractivity contribution < 1.29 is 4.21 Å². The van der Waals surface area contributed by atoms with Crippen LogP contribution >= 0.6 is 0 Å². The molecule has 16 heavy (non-hydrogen) atoms. The van der Waals surface area contributed by atoms with Gasteiger partial charge in [-0.3, -0.25) is 4.21 Å². The Labute approximate surface area is 100 Å². The van der Waals surface area contributed by atoms with Crippen LogP contribution in [0.25, 0.3) is 6.08 Å². The Morgan fingerprint density at radius 2 is 2.00 bits per heavy atom. The van der Waals surface area contributed by atoms with E-state index in [-0.39, 0.29) is 0 Å². The minimum Gasteiger partial charge on any atom is -0.330 e. The van der Waals surface area contributed by atoms with Crippen LogP contribution in [0.1, 0.15) is 17.5 Å². The van der Waals surface area contributed by atoms with Gasteiger partial charge in [-0.1, -0.05) is 42.0 Å². The molecule has 0 saturated carbocycles. The molecule has 2 N–H and O–H groups in total. The first kappa shape index (κ1) is 13.1. The first-order valence-corrected chi connectivity index (χ1v) is 6.99. The van der Waals surface area contributed by atoms with Crippen LogP contribution in [0, 0.1) is 6.92 Å². The van der Waals surface area contributed by atoms with Gasteiger partial charge in [0.2, 0.25) is 0 Å². The number of rotatable bonds is 6. The van der Waals surface area contributed by atoms with Crippen LogP contribution in [0.15, 0.2) is 30.3 Å². The second-order valence-corrected chi connectivity index (χ2v) is 5.39. The molecule has 1 atom stereocenters. The third-order valence-corrected chi connectivity index (χ3v) is 3.55. The SMILES string of the molecule is Cc1ccc(/C=C/CS(=O)CCCN)cc1. The van der Waals surface area contributed by atoms with Gasteiger partial charge in [0.25, 0.3) is 0 Å². The fourth-order valence-electron chi connectivity index (χ4n) is 1.30. The largest absolute Gasteiger partial charge is 0.330 e.